The Labute approximate surface area is 166 Å². The Hall–Kier alpha value is -2.18. The summed E-state index contributed by atoms with van der Waals surface area (Å²) in [6.45, 7) is 12.5. The summed E-state index contributed by atoms with van der Waals surface area (Å²) in [6, 6.07) is 9.58. The topological polar surface area (TPSA) is 68.4 Å². The van der Waals surface area contributed by atoms with Gasteiger partial charge in [0.15, 0.2) is 0 Å². The number of nitrogens with one attached hydrogen (secondary N) is 2. The standard InChI is InChI=1S/C22H32N4O2/c1-4-25-11-13-26(14-12-25)22(2,3)16-23-20(27)10-9-18-15-17-7-5-6-8-19(17)24-21(18)28/h5-8,15H,4,9-14,16H2,1-3H3,(H,23,27)(H,24,28). The Morgan fingerprint density at radius 3 is 2.61 bits per heavy atom. The third kappa shape index (κ3) is 5.00. The fourth-order valence-corrected chi connectivity index (χ4v) is 3.81. The lowest BCUT2D eigenvalue weighted by molar-refractivity contribution is -0.121. The maximum Gasteiger partial charge on any atom is 0.251 e. The number of hydrogen-bond acceptors (Lipinski definition) is 4. The number of rotatable bonds is 7. The van der Waals surface area contributed by atoms with E-state index in [0.717, 1.165) is 43.6 Å². The highest BCUT2D eigenvalue weighted by molar-refractivity contribution is 5.79. The number of aromatic amines is 1. The van der Waals surface area contributed by atoms with Gasteiger partial charge >= 0.3 is 0 Å². The Morgan fingerprint density at radius 1 is 1.18 bits per heavy atom. The molecule has 0 bridgehead atoms. The molecular weight excluding hydrogens is 352 g/mol. The second-order valence-corrected chi connectivity index (χ2v) is 8.22. The minimum atomic E-state index is -0.111. The van der Waals surface area contributed by atoms with Gasteiger partial charge in [0.2, 0.25) is 5.91 Å². The maximum atomic E-state index is 12.4. The second kappa shape index (κ2) is 8.88. The van der Waals surface area contributed by atoms with Crippen molar-refractivity contribution in [2.24, 2.45) is 0 Å². The Balaban J connectivity index is 1.50. The van der Waals surface area contributed by atoms with Crippen LogP contribution in [0.1, 0.15) is 32.8 Å². The molecule has 28 heavy (non-hydrogen) atoms. The van der Waals surface area contributed by atoms with Crippen molar-refractivity contribution in [3.05, 3.63) is 46.2 Å². The molecule has 1 aromatic carbocycles. The summed E-state index contributed by atoms with van der Waals surface area (Å²) in [6.07, 6.45) is 0.767. The van der Waals surface area contributed by atoms with Crippen LogP contribution in [-0.4, -0.2) is 65.5 Å². The number of piperazine rings is 1. The zero-order valence-electron chi connectivity index (χ0n) is 17.3. The monoisotopic (exact) mass is 384 g/mol. The van der Waals surface area contributed by atoms with E-state index in [1.807, 2.05) is 30.3 Å². The number of carbonyl (C=O) groups is 1. The molecule has 0 aliphatic carbocycles. The Bertz CT molecular complexity index is 866. The van der Waals surface area contributed by atoms with Crippen molar-refractivity contribution in [2.75, 3.05) is 39.3 Å². The molecule has 1 aliphatic heterocycles. The smallest absolute Gasteiger partial charge is 0.251 e. The van der Waals surface area contributed by atoms with Gasteiger partial charge in [0.1, 0.15) is 0 Å². The van der Waals surface area contributed by atoms with Crippen LogP contribution in [0, 0.1) is 0 Å². The quantitative estimate of drug-likeness (QED) is 0.766. The fourth-order valence-electron chi connectivity index (χ4n) is 3.81. The summed E-state index contributed by atoms with van der Waals surface area (Å²) >= 11 is 0. The highest BCUT2D eigenvalue weighted by Gasteiger charge is 2.29. The van der Waals surface area contributed by atoms with Crippen LogP contribution in [0.25, 0.3) is 10.9 Å². The Morgan fingerprint density at radius 2 is 1.89 bits per heavy atom. The zero-order valence-corrected chi connectivity index (χ0v) is 17.3. The highest BCUT2D eigenvalue weighted by Crippen LogP contribution is 2.16. The predicted octanol–water partition coefficient (Wildman–Crippen LogP) is 1.99. The number of aromatic nitrogens is 1. The molecule has 1 aliphatic rings. The van der Waals surface area contributed by atoms with Crippen LogP contribution in [0.2, 0.25) is 0 Å². The molecule has 2 N–H and O–H groups in total. The van der Waals surface area contributed by atoms with E-state index in [1.54, 1.807) is 0 Å². The lowest BCUT2D eigenvalue weighted by Gasteiger charge is -2.44. The predicted molar refractivity (Wildman–Crippen MR) is 114 cm³/mol. The molecule has 0 atom stereocenters. The summed E-state index contributed by atoms with van der Waals surface area (Å²) < 4.78 is 0. The average Bonchev–Trinajstić information content (AvgIpc) is 2.70. The van der Waals surface area contributed by atoms with Crippen molar-refractivity contribution >= 4 is 16.8 Å². The van der Waals surface area contributed by atoms with E-state index in [1.165, 1.54) is 0 Å². The number of aryl methyl sites for hydroxylation is 1. The average molecular weight is 385 g/mol. The van der Waals surface area contributed by atoms with Gasteiger partial charge in [-0.2, -0.15) is 0 Å². The Kier molecular flexibility index (Phi) is 6.52. The van der Waals surface area contributed by atoms with Crippen molar-refractivity contribution in [3.8, 4) is 0 Å². The van der Waals surface area contributed by atoms with Crippen LogP contribution in [-0.2, 0) is 11.2 Å². The van der Waals surface area contributed by atoms with E-state index < -0.39 is 0 Å². The second-order valence-electron chi connectivity index (χ2n) is 8.22. The van der Waals surface area contributed by atoms with Crippen LogP contribution in [0.3, 0.4) is 0 Å². The number of benzene rings is 1. The SMILES string of the molecule is CCN1CCN(C(C)(C)CNC(=O)CCc2cc3ccccc3[nH]c2=O)CC1. The van der Waals surface area contributed by atoms with Gasteiger partial charge in [-0.15, -0.1) is 0 Å². The molecule has 1 saturated heterocycles. The highest BCUT2D eigenvalue weighted by atomic mass is 16.1. The number of likely N-dealkylation sites (N-methyl/N-ethyl adjacent to an activating group) is 1. The van der Waals surface area contributed by atoms with Crippen molar-refractivity contribution in [1.29, 1.82) is 0 Å². The van der Waals surface area contributed by atoms with Crippen molar-refractivity contribution in [2.45, 2.75) is 39.2 Å². The number of hydrogen-bond donors (Lipinski definition) is 2. The van der Waals surface area contributed by atoms with Gasteiger partial charge in [0.05, 0.1) is 0 Å². The molecule has 0 unspecified atom stereocenters. The van der Waals surface area contributed by atoms with Gasteiger partial charge in [-0.3, -0.25) is 14.5 Å². The van der Waals surface area contributed by atoms with Gasteiger partial charge in [-0.25, -0.2) is 0 Å². The number of fused-ring (bicyclic) bond motifs is 1. The summed E-state index contributed by atoms with van der Waals surface area (Å²) in [7, 11) is 0. The fraction of sp³-hybridized carbons (Fsp3) is 0.545. The molecule has 152 valence electrons. The molecule has 2 aromatic rings. The molecule has 3 rings (SSSR count). The number of para-hydroxylation sites is 1. The largest absolute Gasteiger partial charge is 0.354 e. The molecule has 0 spiro atoms. The van der Waals surface area contributed by atoms with Crippen LogP contribution in [0.4, 0.5) is 0 Å². The van der Waals surface area contributed by atoms with Crippen molar-refractivity contribution in [1.82, 2.24) is 20.1 Å². The first kappa shape index (κ1) is 20.6. The van der Waals surface area contributed by atoms with Crippen LogP contribution < -0.4 is 10.9 Å². The van der Waals surface area contributed by atoms with Crippen molar-refractivity contribution in [3.63, 3.8) is 0 Å². The molecular formula is C22H32N4O2. The van der Waals surface area contributed by atoms with Gasteiger partial charge in [0.25, 0.3) is 5.56 Å². The molecule has 0 saturated carbocycles. The van der Waals surface area contributed by atoms with Crippen LogP contribution >= 0.6 is 0 Å². The third-order valence-corrected chi connectivity index (χ3v) is 5.85. The minimum absolute atomic E-state index is 0.00664. The number of amides is 1. The molecule has 1 fully saturated rings. The third-order valence-electron chi connectivity index (χ3n) is 5.85. The van der Waals surface area contributed by atoms with Gasteiger partial charge in [-0.1, -0.05) is 25.1 Å². The summed E-state index contributed by atoms with van der Waals surface area (Å²) in [5.74, 6) is -0.00664. The summed E-state index contributed by atoms with van der Waals surface area (Å²) in [4.78, 5) is 32.4. The number of carbonyl (C=O) groups excluding carboxylic acids is 1. The molecule has 1 amide bonds. The first-order chi connectivity index (χ1) is 13.4. The number of pyridine rings is 1. The van der Waals surface area contributed by atoms with Crippen LogP contribution in [0.5, 0.6) is 0 Å². The molecule has 6 nitrogen and oxygen atoms in total. The first-order valence-corrected chi connectivity index (χ1v) is 10.2. The van der Waals surface area contributed by atoms with Gasteiger partial charge in [0, 0.05) is 55.8 Å². The normalized spacial score (nSPS) is 16.4. The van der Waals surface area contributed by atoms with Gasteiger partial charge < -0.3 is 15.2 Å². The van der Waals surface area contributed by atoms with E-state index in [2.05, 4.69) is 40.9 Å². The first-order valence-electron chi connectivity index (χ1n) is 10.2. The lowest BCUT2D eigenvalue weighted by Crippen LogP contribution is -2.58. The van der Waals surface area contributed by atoms with Gasteiger partial charge in [-0.05, 0) is 44.3 Å². The molecule has 2 heterocycles. The molecule has 1 aromatic heterocycles. The van der Waals surface area contributed by atoms with E-state index >= 15 is 0 Å². The molecule has 0 radical (unpaired) electrons. The van der Waals surface area contributed by atoms with E-state index in [-0.39, 0.29) is 17.0 Å². The summed E-state index contributed by atoms with van der Waals surface area (Å²) in [5.41, 5.74) is 1.30. The maximum absolute atomic E-state index is 12.4. The van der Waals surface area contributed by atoms with E-state index in [9.17, 15) is 9.59 Å². The number of nitrogens with zero attached hydrogens (tertiary/aromatic N) is 2. The number of H-pyrrole nitrogens is 1. The zero-order chi connectivity index (χ0) is 20.1. The van der Waals surface area contributed by atoms with E-state index in [4.69, 9.17) is 0 Å². The summed E-state index contributed by atoms with van der Waals surface area (Å²) in [5, 5.41) is 4.06. The lowest BCUT2D eigenvalue weighted by atomic mass is 10.0. The van der Waals surface area contributed by atoms with Crippen molar-refractivity contribution < 1.29 is 4.79 Å². The van der Waals surface area contributed by atoms with Crippen LogP contribution in [0.15, 0.2) is 35.1 Å². The van der Waals surface area contributed by atoms with E-state index in [0.29, 0.717) is 24.9 Å². The molecule has 6 heteroatoms. The minimum Gasteiger partial charge on any atom is -0.354 e.